The Morgan fingerprint density at radius 1 is 1.12 bits per heavy atom. The lowest BCUT2D eigenvalue weighted by molar-refractivity contribution is 0.118. The van der Waals surface area contributed by atoms with Crippen molar-refractivity contribution in [2.45, 2.75) is 57.5 Å². The Kier molecular flexibility index (Phi) is 6.09. The van der Waals surface area contributed by atoms with Crippen molar-refractivity contribution >= 4 is 10.7 Å². The van der Waals surface area contributed by atoms with Crippen LogP contribution in [-0.2, 0) is 6.42 Å². The second kappa shape index (κ2) is 8.28. The molecule has 1 aromatic heterocycles. The Bertz CT molecular complexity index is 631. The summed E-state index contributed by atoms with van der Waals surface area (Å²) >= 11 is 0. The number of aliphatic hydroxyl groups excluding tert-OH is 1. The number of hydrogen-bond acceptors (Lipinski definition) is 2. The van der Waals surface area contributed by atoms with Gasteiger partial charge in [-0.15, -0.1) is 4.72 Å². The van der Waals surface area contributed by atoms with Crippen LogP contribution in [0.15, 0.2) is 41.8 Å². The zero-order valence-electron chi connectivity index (χ0n) is 14.9. The van der Waals surface area contributed by atoms with Gasteiger partial charge < -0.3 is 5.11 Å². The molecule has 0 bridgehead atoms. The standard InChI is InChI=1S/C21H30NOS/c1-16(21(23)18-11-7-4-8-12-18)15-20-19(13-14-24(20)22-2)17-9-5-3-6-10-17/h4,7-8,11-14,16-17,21-23H,3,5-6,9-10,15H2,1-2H3/q+1. The van der Waals surface area contributed by atoms with E-state index in [1.807, 2.05) is 30.3 Å². The summed E-state index contributed by atoms with van der Waals surface area (Å²) in [6.07, 6.45) is 7.37. The molecule has 1 aliphatic carbocycles. The Hall–Kier alpha value is -1.16. The van der Waals surface area contributed by atoms with Crippen molar-refractivity contribution in [1.29, 1.82) is 0 Å². The van der Waals surface area contributed by atoms with Gasteiger partial charge in [-0.3, -0.25) is 0 Å². The van der Waals surface area contributed by atoms with Crippen LogP contribution in [0.25, 0.3) is 0 Å². The number of aliphatic hydroxyl groups is 1. The van der Waals surface area contributed by atoms with Crippen LogP contribution in [0.2, 0.25) is 0 Å². The third-order valence-electron chi connectivity index (χ3n) is 5.42. The maximum Gasteiger partial charge on any atom is 0.175 e. The van der Waals surface area contributed by atoms with Crippen molar-refractivity contribution in [2.24, 2.45) is 5.92 Å². The molecule has 130 valence electrons. The van der Waals surface area contributed by atoms with E-state index in [1.54, 1.807) is 5.56 Å². The number of benzene rings is 1. The largest absolute Gasteiger partial charge is 0.388 e. The lowest BCUT2D eigenvalue weighted by Gasteiger charge is -2.22. The summed E-state index contributed by atoms with van der Waals surface area (Å²) in [5.74, 6) is 0.959. The fraction of sp³-hybridized carbons (Fsp3) is 0.524. The molecule has 3 atom stereocenters. The zero-order chi connectivity index (χ0) is 16.9. The number of hydrogen-bond donors (Lipinski definition) is 2. The topological polar surface area (TPSA) is 32.3 Å². The molecule has 0 amide bonds. The molecule has 2 N–H and O–H groups in total. The van der Waals surface area contributed by atoms with Crippen LogP contribution in [0, 0.1) is 5.92 Å². The van der Waals surface area contributed by atoms with Gasteiger partial charge in [-0.1, -0.05) is 56.5 Å². The molecule has 24 heavy (non-hydrogen) atoms. The molecule has 2 aromatic rings. The second-order valence-corrected chi connectivity index (χ2v) is 8.94. The highest BCUT2D eigenvalue weighted by Crippen LogP contribution is 2.41. The average Bonchev–Trinajstić information content (AvgIpc) is 3.05. The zero-order valence-corrected chi connectivity index (χ0v) is 15.7. The molecule has 2 nitrogen and oxygen atoms in total. The molecule has 1 heterocycles. The van der Waals surface area contributed by atoms with Gasteiger partial charge in [0.1, 0.15) is 0 Å². The lowest BCUT2D eigenvalue weighted by Crippen LogP contribution is -2.14. The van der Waals surface area contributed by atoms with Crippen LogP contribution in [0.3, 0.4) is 0 Å². The number of rotatable bonds is 6. The van der Waals surface area contributed by atoms with E-state index in [0.29, 0.717) is 0 Å². The van der Waals surface area contributed by atoms with E-state index in [1.165, 1.54) is 37.0 Å². The molecule has 3 rings (SSSR count). The second-order valence-electron chi connectivity index (χ2n) is 7.10. The van der Waals surface area contributed by atoms with Gasteiger partial charge in [-0.05, 0) is 30.2 Å². The van der Waals surface area contributed by atoms with Gasteiger partial charge in [-0.2, -0.15) is 0 Å². The van der Waals surface area contributed by atoms with Crippen molar-refractivity contribution in [2.75, 3.05) is 11.8 Å². The SMILES string of the molecule is CN[s+]1ccc(C2CCCCC2)c1CC(C)C(O)c1ccccc1. The summed E-state index contributed by atoms with van der Waals surface area (Å²) in [6, 6.07) is 12.4. The van der Waals surface area contributed by atoms with E-state index in [0.717, 1.165) is 17.9 Å². The van der Waals surface area contributed by atoms with Crippen LogP contribution in [0.4, 0.5) is 0 Å². The summed E-state index contributed by atoms with van der Waals surface area (Å²) in [7, 11) is 2.09. The van der Waals surface area contributed by atoms with Crippen molar-refractivity contribution in [1.82, 2.24) is 0 Å². The lowest BCUT2D eigenvalue weighted by atomic mass is 9.83. The van der Waals surface area contributed by atoms with E-state index in [4.69, 9.17) is 0 Å². The van der Waals surface area contributed by atoms with Crippen molar-refractivity contribution < 1.29 is 5.11 Å². The molecule has 3 heteroatoms. The quantitative estimate of drug-likeness (QED) is 0.672. The predicted octanol–water partition coefficient (Wildman–Crippen LogP) is 5.57. The van der Waals surface area contributed by atoms with E-state index < -0.39 is 6.10 Å². The summed E-state index contributed by atoms with van der Waals surface area (Å²) in [4.78, 5) is 1.53. The van der Waals surface area contributed by atoms with Gasteiger partial charge >= 0.3 is 0 Å². The van der Waals surface area contributed by atoms with Crippen molar-refractivity contribution in [3.63, 3.8) is 0 Å². The third-order valence-corrected chi connectivity index (χ3v) is 7.20. The minimum absolute atomic E-state index is 0.0407. The summed E-state index contributed by atoms with van der Waals surface area (Å²) in [5.41, 5.74) is 2.60. The van der Waals surface area contributed by atoms with E-state index >= 15 is 0 Å². The molecule has 1 aliphatic rings. The minimum atomic E-state index is -0.394. The monoisotopic (exact) mass is 344 g/mol. The summed E-state index contributed by atoms with van der Waals surface area (Å²) in [5, 5.41) is 13.1. The Balaban J connectivity index is 1.79. The van der Waals surface area contributed by atoms with Crippen LogP contribution in [-0.4, -0.2) is 12.2 Å². The van der Waals surface area contributed by atoms with Crippen LogP contribution in [0.5, 0.6) is 0 Å². The maximum atomic E-state index is 10.7. The highest BCUT2D eigenvalue weighted by atomic mass is 32.2. The molecule has 0 saturated heterocycles. The molecule has 1 saturated carbocycles. The first kappa shape index (κ1) is 17.7. The molecule has 0 aliphatic heterocycles. The fourth-order valence-corrected chi connectivity index (χ4v) is 5.76. The molecular weight excluding hydrogens is 314 g/mol. The van der Waals surface area contributed by atoms with Crippen LogP contribution in [0.1, 0.15) is 67.1 Å². The smallest absolute Gasteiger partial charge is 0.175 e. The molecule has 0 spiro atoms. The van der Waals surface area contributed by atoms with Crippen LogP contribution < -0.4 is 4.72 Å². The van der Waals surface area contributed by atoms with Crippen molar-refractivity contribution in [3.05, 3.63) is 57.8 Å². The van der Waals surface area contributed by atoms with E-state index in [2.05, 4.69) is 30.1 Å². The highest BCUT2D eigenvalue weighted by Gasteiger charge is 2.29. The number of thiophene rings is 1. The first-order valence-corrected chi connectivity index (χ1v) is 10.5. The van der Waals surface area contributed by atoms with Crippen molar-refractivity contribution in [3.8, 4) is 0 Å². The molecule has 0 radical (unpaired) electrons. The first-order valence-electron chi connectivity index (χ1n) is 9.25. The first-order chi connectivity index (χ1) is 11.7. The Morgan fingerprint density at radius 2 is 1.83 bits per heavy atom. The maximum absolute atomic E-state index is 10.7. The average molecular weight is 345 g/mol. The van der Waals surface area contributed by atoms with Gasteiger partial charge in [0.25, 0.3) is 0 Å². The molecule has 1 aromatic carbocycles. The van der Waals surface area contributed by atoms with E-state index in [9.17, 15) is 5.11 Å². The van der Waals surface area contributed by atoms with Crippen LogP contribution >= 0.6 is 10.7 Å². The summed E-state index contributed by atoms with van der Waals surface area (Å²) in [6.45, 7) is 2.18. The van der Waals surface area contributed by atoms with Gasteiger partial charge in [0.2, 0.25) is 0 Å². The highest BCUT2D eigenvalue weighted by molar-refractivity contribution is 7.31. The normalized spacial score (nSPS) is 19.2. The fourth-order valence-electron chi connectivity index (χ4n) is 4.00. The minimum Gasteiger partial charge on any atom is -0.388 e. The van der Waals surface area contributed by atoms with E-state index in [-0.39, 0.29) is 16.6 Å². The molecule has 3 unspecified atom stereocenters. The molecular formula is C21H30NOS+. The third kappa shape index (κ3) is 3.90. The van der Waals surface area contributed by atoms with Gasteiger partial charge in [0.05, 0.1) is 16.8 Å². The number of nitrogens with one attached hydrogen (secondary N) is 1. The summed E-state index contributed by atoms with van der Waals surface area (Å²) < 4.78 is 3.47. The van der Waals surface area contributed by atoms with Gasteiger partial charge in [-0.25, -0.2) is 0 Å². The van der Waals surface area contributed by atoms with Gasteiger partial charge in [0, 0.05) is 25.1 Å². The van der Waals surface area contributed by atoms with Gasteiger partial charge in [0.15, 0.2) is 10.3 Å². The Labute approximate surface area is 149 Å². The molecule has 1 fully saturated rings. The predicted molar refractivity (Wildman–Crippen MR) is 104 cm³/mol. The Morgan fingerprint density at radius 3 is 2.50 bits per heavy atom.